The van der Waals surface area contributed by atoms with Crippen molar-refractivity contribution in [3.63, 3.8) is 0 Å². The van der Waals surface area contributed by atoms with Crippen molar-refractivity contribution in [2.45, 2.75) is 6.42 Å². The molecular formula is C11H10F2O3. The topological polar surface area (TPSA) is 46.5 Å². The Morgan fingerprint density at radius 1 is 1.44 bits per heavy atom. The number of hydrogen-bond donors (Lipinski definition) is 1. The van der Waals surface area contributed by atoms with Crippen LogP contribution in [-0.4, -0.2) is 18.2 Å². The average Bonchev–Trinajstić information content (AvgIpc) is 2.25. The van der Waals surface area contributed by atoms with Gasteiger partial charge in [0.2, 0.25) is 0 Å². The van der Waals surface area contributed by atoms with Crippen LogP contribution in [0.2, 0.25) is 0 Å². The summed E-state index contributed by atoms with van der Waals surface area (Å²) >= 11 is 0. The molecule has 0 aliphatic carbocycles. The van der Waals surface area contributed by atoms with Crippen molar-refractivity contribution in [1.29, 1.82) is 0 Å². The fourth-order valence-electron chi connectivity index (χ4n) is 1.05. The number of aromatic hydroxyl groups is 1. The first-order valence-electron chi connectivity index (χ1n) is 4.46. The van der Waals surface area contributed by atoms with Crippen LogP contribution in [-0.2, 0) is 9.53 Å². The number of rotatable bonds is 3. The number of carbonyl (C=O) groups is 1. The molecule has 5 heteroatoms. The maximum Gasteiger partial charge on any atom is 0.309 e. The molecule has 1 rings (SSSR count). The van der Waals surface area contributed by atoms with Gasteiger partial charge in [-0.05, 0) is 6.07 Å². The summed E-state index contributed by atoms with van der Waals surface area (Å²) in [5, 5.41) is 9.26. The van der Waals surface area contributed by atoms with E-state index < -0.39 is 17.6 Å². The van der Waals surface area contributed by atoms with Gasteiger partial charge in [0.1, 0.15) is 5.75 Å². The molecule has 0 saturated carbocycles. The van der Waals surface area contributed by atoms with E-state index in [-0.39, 0.29) is 17.7 Å². The number of phenolic OH excluding ortho intramolecular Hbond substituents is 1. The van der Waals surface area contributed by atoms with E-state index in [0.29, 0.717) is 6.07 Å². The third-order valence-corrected chi connectivity index (χ3v) is 1.88. The highest BCUT2D eigenvalue weighted by Crippen LogP contribution is 2.22. The van der Waals surface area contributed by atoms with Crippen molar-refractivity contribution in [3.8, 4) is 5.75 Å². The third-order valence-electron chi connectivity index (χ3n) is 1.88. The summed E-state index contributed by atoms with van der Waals surface area (Å²) in [5.74, 6) is -3.03. The van der Waals surface area contributed by atoms with E-state index in [4.69, 9.17) is 0 Å². The van der Waals surface area contributed by atoms with Crippen LogP contribution < -0.4 is 0 Å². The normalized spacial score (nSPS) is 10.7. The number of halogens is 2. The van der Waals surface area contributed by atoms with Gasteiger partial charge in [0, 0.05) is 11.6 Å². The molecule has 0 unspecified atom stereocenters. The van der Waals surface area contributed by atoms with E-state index in [1.165, 1.54) is 19.3 Å². The van der Waals surface area contributed by atoms with Crippen molar-refractivity contribution < 1.29 is 23.4 Å². The highest BCUT2D eigenvalue weighted by atomic mass is 19.2. The summed E-state index contributed by atoms with van der Waals surface area (Å²) in [6.45, 7) is 0. The van der Waals surface area contributed by atoms with E-state index in [1.54, 1.807) is 0 Å². The van der Waals surface area contributed by atoms with Crippen molar-refractivity contribution in [1.82, 2.24) is 0 Å². The van der Waals surface area contributed by atoms with Crippen molar-refractivity contribution in [2.75, 3.05) is 7.11 Å². The summed E-state index contributed by atoms with van der Waals surface area (Å²) < 4.78 is 29.8. The third kappa shape index (κ3) is 3.05. The lowest BCUT2D eigenvalue weighted by molar-refractivity contribution is -0.139. The van der Waals surface area contributed by atoms with Gasteiger partial charge in [-0.25, -0.2) is 8.78 Å². The van der Waals surface area contributed by atoms with Crippen LogP contribution in [0, 0.1) is 11.6 Å². The Balaban J connectivity index is 2.81. The van der Waals surface area contributed by atoms with Gasteiger partial charge in [-0.15, -0.1) is 0 Å². The van der Waals surface area contributed by atoms with Crippen LogP contribution in [0.15, 0.2) is 18.2 Å². The summed E-state index contributed by atoms with van der Waals surface area (Å²) in [6, 6.07) is 1.52. The van der Waals surface area contributed by atoms with Gasteiger partial charge in [-0.2, -0.15) is 0 Å². The molecule has 3 nitrogen and oxygen atoms in total. The second-order valence-electron chi connectivity index (χ2n) is 3.01. The van der Waals surface area contributed by atoms with Crippen LogP contribution in [0.25, 0.3) is 6.08 Å². The molecule has 0 aliphatic rings. The van der Waals surface area contributed by atoms with Crippen LogP contribution in [0.4, 0.5) is 8.78 Å². The molecule has 0 radical (unpaired) electrons. The zero-order chi connectivity index (χ0) is 12.1. The zero-order valence-electron chi connectivity index (χ0n) is 8.54. The zero-order valence-corrected chi connectivity index (χ0v) is 8.54. The van der Waals surface area contributed by atoms with Gasteiger partial charge in [0.15, 0.2) is 11.6 Å². The molecule has 1 aromatic carbocycles. The predicted octanol–water partition coefficient (Wildman–Crippen LogP) is 2.25. The van der Waals surface area contributed by atoms with Gasteiger partial charge >= 0.3 is 5.97 Å². The lowest BCUT2D eigenvalue weighted by Gasteiger charge is -2.00. The molecule has 0 heterocycles. The number of phenols is 1. The van der Waals surface area contributed by atoms with Gasteiger partial charge in [0.25, 0.3) is 0 Å². The lowest BCUT2D eigenvalue weighted by Crippen LogP contribution is -1.96. The van der Waals surface area contributed by atoms with E-state index in [0.717, 1.165) is 6.07 Å². The number of benzene rings is 1. The van der Waals surface area contributed by atoms with E-state index >= 15 is 0 Å². The van der Waals surface area contributed by atoms with E-state index in [1.807, 2.05) is 0 Å². The Bertz CT molecular complexity index is 427. The number of carbonyl (C=O) groups excluding carboxylic acids is 1. The maximum absolute atomic E-state index is 12.8. The van der Waals surface area contributed by atoms with Crippen LogP contribution >= 0.6 is 0 Å². The standard InChI is InChI=1S/C11H10F2O3/c1-16-11(15)4-2-3-7-5-8(12)9(13)6-10(7)14/h2-3,5-6,14H,4H2,1H3. The fourth-order valence-corrected chi connectivity index (χ4v) is 1.05. The summed E-state index contributed by atoms with van der Waals surface area (Å²) in [5.41, 5.74) is 0.0998. The van der Waals surface area contributed by atoms with Gasteiger partial charge < -0.3 is 9.84 Å². The SMILES string of the molecule is COC(=O)CC=Cc1cc(F)c(F)cc1O. The maximum atomic E-state index is 12.8. The molecule has 0 bridgehead atoms. The Morgan fingerprint density at radius 3 is 2.69 bits per heavy atom. The van der Waals surface area contributed by atoms with Crippen molar-refractivity contribution >= 4 is 12.0 Å². The van der Waals surface area contributed by atoms with E-state index in [9.17, 15) is 18.7 Å². The quantitative estimate of drug-likeness (QED) is 0.807. The monoisotopic (exact) mass is 228 g/mol. The predicted molar refractivity (Wildman–Crippen MR) is 53.7 cm³/mol. The molecule has 1 aromatic rings. The minimum absolute atomic E-state index is 0.00502. The Hall–Kier alpha value is -1.91. The average molecular weight is 228 g/mol. The molecule has 0 spiro atoms. The smallest absolute Gasteiger partial charge is 0.309 e. The number of esters is 1. The molecule has 0 saturated heterocycles. The minimum Gasteiger partial charge on any atom is -0.507 e. The molecular weight excluding hydrogens is 218 g/mol. The second kappa shape index (κ2) is 5.25. The molecule has 0 aromatic heterocycles. The van der Waals surface area contributed by atoms with Crippen LogP contribution in [0.3, 0.4) is 0 Å². The molecule has 86 valence electrons. The van der Waals surface area contributed by atoms with Crippen LogP contribution in [0.1, 0.15) is 12.0 Å². The number of hydrogen-bond acceptors (Lipinski definition) is 3. The summed E-state index contributed by atoms with van der Waals surface area (Å²) in [7, 11) is 1.24. The highest BCUT2D eigenvalue weighted by molar-refractivity contribution is 5.72. The largest absolute Gasteiger partial charge is 0.507 e. The summed E-state index contributed by atoms with van der Waals surface area (Å²) in [6.07, 6.45) is 2.70. The Labute approximate surface area is 91.0 Å². The summed E-state index contributed by atoms with van der Waals surface area (Å²) in [4.78, 5) is 10.7. The number of methoxy groups -OCH3 is 1. The molecule has 0 aliphatic heterocycles. The van der Waals surface area contributed by atoms with Crippen LogP contribution in [0.5, 0.6) is 5.75 Å². The first-order valence-corrected chi connectivity index (χ1v) is 4.46. The molecule has 1 N–H and O–H groups in total. The second-order valence-corrected chi connectivity index (χ2v) is 3.01. The van der Waals surface area contributed by atoms with Gasteiger partial charge in [-0.1, -0.05) is 12.2 Å². The first kappa shape index (κ1) is 12.2. The highest BCUT2D eigenvalue weighted by Gasteiger charge is 2.06. The van der Waals surface area contributed by atoms with Crippen molar-refractivity contribution in [3.05, 3.63) is 35.4 Å². The fraction of sp³-hybridized carbons (Fsp3) is 0.182. The van der Waals surface area contributed by atoms with Gasteiger partial charge in [0.05, 0.1) is 13.5 Å². The molecule has 0 amide bonds. The van der Waals surface area contributed by atoms with E-state index in [2.05, 4.69) is 4.74 Å². The van der Waals surface area contributed by atoms with Crippen molar-refractivity contribution in [2.24, 2.45) is 0 Å². The Morgan fingerprint density at radius 2 is 2.06 bits per heavy atom. The molecule has 0 atom stereocenters. The molecule has 0 fully saturated rings. The molecule has 16 heavy (non-hydrogen) atoms. The van der Waals surface area contributed by atoms with Gasteiger partial charge in [-0.3, -0.25) is 4.79 Å². The number of ether oxygens (including phenoxy) is 1. The minimum atomic E-state index is -1.12. The Kier molecular flexibility index (Phi) is 3.99. The lowest BCUT2D eigenvalue weighted by atomic mass is 10.1. The first-order chi connectivity index (χ1) is 7.54.